The molecule has 1 N–H and O–H groups in total. The van der Waals surface area contributed by atoms with Gasteiger partial charge in [0.15, 0.2) is 6.10 Å². The van der Waals surface area contributed by atoms with Crippen LogP contribution in [0, 0.1) is 0 Å². The first-order valence-corrected chi connectivity index (χ1v) is 35.4. The van der Waals surface area contributed by atoms with Crippen molar-refractivity contribution in [3.05, 3.63) is 12.2 Å². The van der Waals surface area contributed by atoms with Crippen LogP contribution in [0.5, 0.6) is 0 Å². The lowest BCUT2D eigenvalue weighted by molar-refractivity contribution is -0.870. The van der Waals surface area contributed by atoms with E-state index in [1.165, 1.54) is 270 Å². The van der Waals surface area contributed by atoms with Crippen LogP contribution >= 0.6 is 7.82 Å². The Morgan fingerprint density at radius 1 is 0.390 bits per heavy atom. The average Bonchev–Trinajstić information content (AvgIpc) is 3.39. The van der Waals surface area contributed by atoms with Crippen molar-refractivity contribution >= 4 is 19.8 Å². The Bertz CT molecular complexity index is 1300. The molecule has 2 atom stereocenters. The van der Waals surface area contributed by atoms with Gasteiger partial charge < -0.3 is 18.9 Å². The summed E-state index contributed by atoms with van der Waals surface area (Å²) in [6, 6.07) is 0. The van der Waals surface area contributed by atoms with Crippen molar-refractivity contribution in [3.63, 3.8) is 0 Å². The molecule has 2 unspecified atom stereocenters. The predicted molar refractivity (Wildman–Crippen MR) is 331 cm³/mol. The fourth-order valence-corrected chi connectivity index (χ4v) is 11.1. The Hall–Kier alpha value is -1.25. The average molecular weight is 1110 g/mol. The molecule has 0 rings (SSSR count). The van der Waals surface area contributed by atoms with Gasteiger partial charge in [-0.3, -0.25) is 18.6 Å². The number of unbranched alkanes of at least 4 members (excludes halogenated alkanes) is 48. The lowest BCUT2D eigenvalue weighted by Crippen LogP contribution is -2.37. The van der Waals surface area contributed by atoms with E-state index in [0.717, 1.165) is 51.4 Å². The van der Waals surface area contributed by atoms with Crippen molar-refractivity contribution in [2.45, 2.75) is 360 Å². The van der Waals surface area contributed by atoms with Gasteiger partial charge in [-0.2, -0.15) is 0 Å². The van der Waals surface area contributed by atoms with Gasteiger partial charge in [-0.25, -0.2) is 4.57 Å². The molecule has 0 bridgehead atoms. The molecule has 77 heavy (non-hydrogen) atoms. The lowest BCUT2D eigenvalue weighted by atomic mass is 10.0. The zero-order chi connectivity index (χ0) is 56.3. The summed E-state index contributed by atoms with van der Waals surface area (Å²) in [6.45, 7) is 4.48. The molecule has 10 heteroatoms. The topological polar surface area (TPSA) is 108 Å². The fourth-order valence-electron chi connectivity index (χ4n) is 10.3. The molecule has 0 heterocycles. The Kier molecular flexibility index (Phi) is 58.4. The van der Waals surface area contributed by atoms with Crippen LogP contribution in [0.25, 0.3) is 0 Å². The molecule has 458 valence electrons. The first-order valence-electron chi connectivity index (χ1n) is 33.9. The summed E-state index contributed by atoms with van der Waals surface area (Å²) < 4.78 is 34.6. The van der Waals surface area contributed by atoms with Gasteiger partial charge >= 0.3 is 19.8 Å². The molecule has 0 saturated heterocycles. The number of hydrogen-bond acceptors (Lipinski definition) is 7. The summed E-state index contributed by atoms with van der Waals surface area (Å²) >= 11 is 0. The van der Waals surface area contributed by atoms with Crippen molar-refractivity contribution in [2.24, 2.45) is 0 Å². The van der Waals surface area contributed by atoms with Gasteiger partial charge in [0.1, 0.15) is 19.8 Å². The van der Waals surface area contributed by atoms with Crippen molar-refractivity contribution in [1.82, 2.24) is 0 Å². The fraction of sp³-hybridized carbons (Fsp3) is 0.940. The van der Waals surface area contributed by atoms with E-state index in [2.05, 4.69) is 26.0 Å². The molecule has 0 aliphatic carbocycles. The summed E-state index contributed by atoms with van der Waals surface area (Å²) in [4.78, 5) is 35.7. The predicted octanol–water partition coefficient (Wildman–Crippen LogP) is 21.6. The van der Waals surface area contributed by atoms with E-state index in [1.807, 2.05) is 21.1 Å². The molecule has 0 aromatic rings. The van der Waals surface area contributed by atoms with Gasteiger partial charge in [-0.1, -0.05) is 315 Å². The Balaban J connectivity index is 3.84. The number of ether oxygens (including phenoxy) is 2. The van der Waals surface area contributed by atoms with Crippen LogP contribution in [0.3, 0.4) is 0 Å². The summed E-state index contributed by atoms with van der Waals surface area (Å²) in [5.41, 5.74) is 0. The number of quaternary nitrogens is 1. The number of rotatable bonds is 64. The number of carbonyl (C=O) groups excluding carboxylic acids is 2. The van der Waals surface area contributed by atoms with Crippen LogP contribution in [-0.2, 0) is 32.7 Å². The number of likely N-dealkylation sites (N-methyl/N-ethyl adjacent to an activating group) is 1. The largest absolute Gasteiger partial charge is 0.472 e. The van der Waals surface area contributed by atoms with E-state index in [0.29, 0.717) is 23.9 Å². The number of phosphoric acid groups is 1. The number of carbonyl (C=O) groups is 2. The summed E-state index contributed by atoms with van der Waals surface area (Å²) in [5, 5.41) is 0. The minimum absolute atomic E-state index is 0.0337. The second kappa shape index (κ2) is 59.4. The van der Waals surface area contributed by atoms with E-state index >= 15 is 0 Å². The molecule has 0 fully saturated rings. The van der Waals surface area contributed by atoms with Gasteiger partial charge in [0.25, 0.3) is 0 Å². The van der Waals surface area contributed by atoms with Crippen molar-refractivity contribution in [1.29, 1.82) is 0 Å². The van der Waals surface area contributed by atoms with Gasteiger partial charge in [0.2, 0.25) is 0 Å². The third kappa shape index (κ3) is 63.8. The summed E-state index contributed by atoms with van der Waals surface area (Å²) in [5.74, 6) is -0.788. The number of allylic oxidation sites excluding steroid dienone is 2. The molecule has 0 aliphatic rings. The van der Waals surface area contributed by atoms with E-state index in [1.54, 1.807) is 0 Å². The second-order valence-corrected chi connectivity index (χ2v) is 26.0. The van der Waals surface area contributed by atoms with Crippen LogP contribution < -0.4 is 0 Å². The first kappa shape index (κ1) is 75.8. The Labute approximate surface area is 479 Å². The quantitative estimate of drug-likeness (QED) is 0.0211. The second-order valence-electron chi connectivity index (χ2n) is 24.6. The Morgan fingerprint density at radius 3 is 0.961 bits per heavy atom. The van der Waals surface area contributed by atoms with Crippen molar-refractivity contribution in [2.75, 3.05) is 47.5 Å². The van der Waals surface area contributed by atoms with Crippen molar-refractivity contribution < 1.29 is 42.1 Å². The van der Waals surface area contributed by atoms with Crippen LogP contribution in [0.4, 0.5) is 0 Å². The first-order chi connectivity index (χ1) is 37.5. The normalized spacial score (nSPS) is 13.2. The summed E-state index contributed by atoms with van der Waals surface area (Å²) in [6.07, 6.45) is 72.0. The van der Waals surface area contributed by atoms with Gasteiger partial charge in [0.05, 0.1) is 27.7 Å². The number of phosphoric ester groups is 1. The molecule has 0 amide bonds. The maximum Gasteiger partial charge on any atom is 0.472 e. The van der Waals surface area contributed by atoms with Crippen LogP contribution in [0.1, 0.15) is 354 Å². The Morgan fingerprint density at radius 2 is 0.662 bits per heavy atom. The number of hydrogen-bond donors (Lipinski definition) is 1. The van der Waals surface area contributed by atoms with Crippen LogP contribution in [0.2, 0.25) is 0 Å². The maximum atomic E-state index is 12.8. The molecule has 0 aliphatic heterocycles. The third-order valence-electron chi connectivity index (χ3n) is 15.5. The number of esters is 2. The smallest absolute Gasteiger partial charge is 0.462 e. The van der Waals surface area contributed by atoms with E-state index in [4.69, 9.17) is 18.5 Å². The van der Waals surface area contributed by atoms with Gasteiger partial charge in [0, 0.05) is 12.8 Å². The van der Waals surface area contributed by atoms with Gasteiger partial charge in [-0.05, 0) is 38.5 Å². The van der Waals surface area contributed by atoms with Gasteiger partial charge in [-0.15, -0.1) is 0 Å². The molecule has 0 aromatic carbocycles. The van der Waals surface area contributed by atoms with Crippen LogP contribution in [0.15, 0.2) is 12.2 Å². The van der Waals surface area contributed by atoms with E-state index < -0.39 is 26.5 Å². The van der Waals surface area contributed by atoms with E-state index in [-0.39, 0.29) is 25.6 Å². The highest BCUT2D eigenvalue weighted by Crippen LogP contribution is 2.43. The zero-order valence-corrected chi connectivity index (χ0v) is 53.1. The molecule has 0 radical (unpaired) electrons. The molecule has 0 spiro atoms. The molecule has 0 saturated carbocycles. The minimum Gasteiger partial charge on any atom is -0.462 e. The molecule has 0 aromatic heterocycles. The minimum atomic E-state index is -4.38. The van der Waals surface area contributed by atoms with Crippen LogP contribution in [-0.4, -0.2) is 74.9 Å². The third-order valence-corrected chi connectivity index (χ3v) is 16.5. The van der Waals surface area contributed by atoms with E-state index in [9.17, 15) is 19.0 Å². The highest BCUT2D eigenvalue weighted by molar-refractivity contribution is 7.47. The monoisotopic (exact) mass is 1110 g/mol. The standard InChI is InChI=1S/C67H132NO8P/c1-6-8-10-12-14-16-18-20-22-23-24-25-26-27-28-29-30-31-32-33-34-35-36-37-38-39-40-41-42-43-44-46-47-49-51-53-55-57-59-66(69)73-63-65(64-75-77(71,72)74-62-61-68(3,4)5)76-67(70)60-58-56-54-52-50-48-45-21-19-17-15-13-11-9-7-2/h21,45,65H,6-20,22-44,46-64H2,1-5H3/p+1/b45-21-. The SMILES string of the molecule is CCCCCCCC/C=C\CCCCCCCC(=O)OC(COC(=O)CCCCCCCCCCCCCCCCCCCCCCCCCCCCCCCCCCCCCCCC)COP(=O)(O)OCC[N+](C)(C)C. The maximum absolute atomic E-state index is 12.8. The van der Waals surface area contributed by atoms with Crippen molar-refractivity contribution in [3.8, 4) is 0 Å². The molecular weight excluding hydrogens is 978 g/mol. The number of nitrogens with zero attached hydrogens (tertiary/aromatic N) is 1. The lowest BCUT2D eigenvalue weighted by Gasteiger charge is -2.24. The highest BCUT2D eigenvalue weighted by Gasteiger charge is 2.27. The zero-order valence-electron chi connectivity index (χ0n) is 52.2. The molecular formula is C67H133NO8P+. The highest BCUT2D eigenvalue weighted by atomic mass is 31.2. The molecule has 9 nitrogen and oxygen atoms in total. The summed E-state index contributed by atoms with van der Waals surface area (Å²) in [7, 11) is 1.49.